The maximum Gasteiger partial charge on any atom is 0.312 e. The van der Waals surface area contributed by atoms with Crippen molar-refractivity contribution in [1.29, 1.82) is 0 Å². The van der Waals surface area contributed by atoms with Crippen LogP contribution in [0.25, 0.3) is 0 Å². The Balaban J connectivity index is 1.93. The first-order valence-corrected chi connectivity index (χ1v) is 11.1. The number of hydrogen-bond acceptors (Lipinski definition) is 8. The molecule has 2 heterocycles. The molecule has 0 radical (unpaired) electrons. The number of nitrogens with one attached hydrogen (secondary N) is 1. The minimum atomic E-state index is -0.777. The SMILES string of the molecule is CCOc1cc(N2CCOCC2)c(OCC)cc1NC(=O)[C@H](C)n1nc(C)c([N+](=O)[O-])c1C. The smallest absolute Gasteiger partial charge is 0.312 e. The normalized spacial score (nSPS) is 14.6. The highest BCUT2D eigenvalue weighted by Crippen LogP contribution is 2.39. The molecule has 1 aromatic heterocycles. The summed E-state index contributed by atoms with van der Waals surface area (Å²) in [5.74, 6) is 0.771. The molecule has 1 aliphatic rings. The Morgan fingerprint density at radius 3 is 2.42 bits per heavy atom. The van der Waals surface area contributed by atoms with Crippen LogP contribution in [0.15, 0.2) is 12.1 Å². The summed E-state index contributed by atoms with van der Waals surface area (Å²) in [4.78, 5) is 26.1. The summed E-state index contributed by atoms with van der Waals surface area (Å²) in [6.45, 7) is 12.1. The molecule has 1 atom stereocenters. The first kappa shape index (κ1) is 24.3. The largest absolute Gasteiger partial charge is 0.492 e. The summed E-state index contributed by atoms with van der Waals surface area (Å²) in [7, 11) is 0. The number of nitro groups is 1. The van der Waals surface area contributed by atoms with Gasteiger partial charge in [-0.25, -0.2) is 0 Å². The Morgan fingerprint density at radius 2 is 1.85 bits per heavy atom. The lowest BCUT2D eigenvalue weighted by Gasteiger charge is -2.31. The van der Waals surface area contributed by atoms with Gasteiger partial charge in [-0.3, -0.25) is 19.6 Å². The highest BCUT2D eigenvalue weighted by atomic mass is 16.6. The fraction of sp³-hybridized carbons (Fsp3) is 0.545. The van der Waals surface area contributed by atoms with E-state index in [1.54, 1.807) is 26.8 Å². The first-order valence-electron chi connectivity index (χ1n) is 11.1. The number of rotatable bonds is 9. The summed E-state index contributed by atoms with van der Waals surface area (Å²) in [6.07, 6.45) is 0. The number of aromatic nitrogens is 2. The van der Waals surface area contributed by atoms with Crippen LogP contribution in [-0.2, 0) is 9.53 Å². The lowest BCUT2D eigenvalue weighted by molar-refractivity contribution is -0.386. The number of hydrogen-bond donors (Lipinski definition) is 1. The predicted molar refractivity (Wildman–Crippen MR) is 124 cm³/mol. The first-order chi connectivity index (χ1) is 15.8. The van der Waals surface area contributed by atoms with E-state index in [0.717, 1.165) is 18.8 Å². The lowest BCUT2D eigenvalue weighted by atomic mass is 10.2. The van der Waals surface area contributed by atoms with Crippen LogP contribution < -0.4 is 19.7 Å². The van der Waals surface area contributed by atoms with Crippen LogP contribution in [0.3, 0.4) is 0 Å². The molecule has 0 spiro atoms. The van der Waals surface area contributed by atoms with Gasteiger partial charge in [-0.15, -0.1) is 0 Å². The van der Waals surface area contributed by atoms with Gasteiger partial charge in [-0.2, -0.15) is 5.10 Å². The fourth-order valence-electron chi connectivity index (χ4n) is 3.89. The second-order valence-corrected chi connectivity index (χ2v) is 7.67. The maximum absolute atomic E-state index is 13.1. The van der Waals surface area contributed by atoms with Crippen molar-refractivity contribution in [2.45, 2.75) is 40.7 Å². The predicted octanol–water partition coefficient (Wildman–Crippen LogP) is 3.24. The van der Waals surface area contributed by atoms with E-state index < -0.39 is 11.0 Å². The van der Waals surface area contributed by atoms with Gasteiger partial charge in [-0.1, -0.05) is 0 Å². The van der Waals surface area contributed by atoms with Gasteiger partial charge in [0.2, 0.25) is 5.91 Å². The monoisotopic (exact) mass is 461 g/mol. The van der Waals surface area contributed by atoms with Crippen molar-refractivity contribution in [1.82, 2.24) is 9.78 Å². The standard InChI is InChI=1S/C22H31N5O6/c1-6-32-19-13-18(25-8-10-31-11-9-25)20(33-7-2)12-17(19)23-22(28)16(5)26-15(4)21(27(29)30)14(3)24-26/h12-13,16H,6-11H2,1-5H3,(H,23,28)/t16-/m0/s1. The van der Waals surface area contributed by atoms with Crippen LogP contribution in [0.4, 0.5) is 17.1 Å². The van der Waals surface area contributed by atoms with Gasteiger partial charge in [0, 0.05) is 25.2 Å². The van der Waals surface area contributed by atoms with Crippen molar-refractivity contribution in [2.24, 2.45) is 0 Å². The van der Waals surface area contributed by atoms with Gasteiger partial charge < -0.3 is 24.4 Å². The number of anilines is 2. The number of aryl methyl sites for hydroxylation is 1. The third kappa shape index (κ3) is 5.19. The summed E-state index contributed by atoms with van der Waals surface area (Å²) in [6, 6.07) is 2.85. The van der Waals surface area contributed by atoms with Crippen molar-refractivity contribution >= 4 is 23.0 Å². The van der Waals surface area contributed by atoms with Gasteiger partial charge >= 0.3 is 5.69 Å². The number of carbonyl (C=O) groups is 1. The van der Waals surface area contributed by atoms with Crippen LogP contribution in [0.2, 0.25) is 0 Å². The van der Waals surface area contributed by atoms with Gasteiger partial charge in [-0.05, 0) is 34.6 Å². The number of nitrogens with zero attached hydrogens (tertiary/aromatic N) is 4. The zero-order valence-electron chi connectivity index (χ0n) is 19.7. The van der Waals surface area contributed by atoms with E-state index in [-0.39, 0.29) is 17.3 Å². The quantitative estimate of drug-likeness (QED) is 0.446. The lowest BCUT2D eigenvalue weighted by Crippen LogP contribution is -2.36. The van der Waals surface area contributed by atoms with E-state index in [9.17, 15) is 14.9 Å². The van der Waals surface area contributed by atoms with Crippen LogP contribution >= 0.6 is 0 Å². The molecule has 1 aromatic carbocycles. The van der Waals surface area contributed by atoms with Crippen molar-refractivity contribution in [2.75, 3.05) is 49.7 Å². The number of benzene rings is 1. The molecule has 0 unspecified atom stereocenters. The molecule has 3 rings (SSSR count). The molecule has 0 bridgehead atoms. The zero-order chi connectivity index (χ0) is 24.1. The van der Waals surface area contributed by atoms with Crippen LogP contribution in [0.5, 0.6) is 11.5 Å². The minimum absolute atomic E-state index is 0.0850. The van der Waals surface area contributed by atoms with E-state index >= 15 is 0 Å². The van der Waals surface area contributed by atoms with Gasteiger partial charge in [0.25, 0.3) is 0 Å². The zero-order valence-corrected chi connectivity index (χ0v) is 19.7. The second kappa shape index (κ2) is 10.5. The van der Waals surface area contributed by atoms with E-state index in [2.05, 4.69) is 15.3 Å². The molecule has 1 N–H and O–H groups in total. The number of morpholine rings is 1. The van der Waals surface area contributed by atoms with Gasteiger partial charge in [0.05, 0.1) is 42.7 Å². The molecule has 1 aliphatic heterocycles. The Morgan fingerprint density at radius 1 is 1.21 bits per heavy atom. The molecule has 180 valence electrons. The van der Waals surface area contributed by atoms with E-state index in [0.29, 0.717) is 49.3 Å². The van der Waals surface area contributed by atoms with Gasteiger partial charge in [0.1, 0.15) is 28.9 Å². The highest BCUT2D eigenvalue weighted by molar-refractivity contribution is 5.95. The molecule has 1 amide bonds. The van der Waals surface area contributed by atoms with E-state index in [1.165, 1.54) is 4.68 Å². The van der Waals surface area contributed by atoms with Crippen molar-refractivity contribution in [3.8, 4) is 11.5 Å². The summed E-state index contributed by atoms with van der Waals surface area (Å²) < 4.78 is 18.5. The molecule has 11 heteroatoms. The molecular weight excluding hydrogens is 430 g/mol. The van der Waals surface area contributed by atoms with Crippen molar-refractivity contribution < 1.29 is 23.9 Å². The number of ether oxygens (including phenoxy) is 3. The second-order valence-electron chi connectivity index (χ2n) is 7.67. The van der Waals surface area contributed by atoms with Gasteiger partial charge in [0.15, 0.2) is 0 Å². The topological polar surface area (TPSA) is 121 Å². The Hall–Kier alpha value is -3.34. The molecule has 0 aliphatic carbocycles. The van der Waals surface area contributed by atoms with Crippen molar-refractivity contribution in [3.05, 3.63) is 33.6 Å². The summed E-state index contributed by atoms with van der Waals surface area (Å²) in [5.41, 5.74) is 1.84. The van der Waals surface area contributed by atoms with Crippen LogP contribution in [0, 0.1) is 24.0 Å². The highest BCUT2D eigenvalue weighted by Gasteiger charge is 2.28. The van der Waals surface area contributed by atoms with Crippen LogP contribution in [0.1, 0.15) is 38.2 Å². The molecule has 0 saturated carbocycles. The van der Waals surface area contributed by atoms with E-state index in [1.807, 2.05) is 19.9 Å². The third-order valence-corrected chi connectivity index (χ3v) is 5.49. The van der Waals surface area contributed by atoms with E-state index in [4.69, 9.17) is 14.2 Å². The molecule has 33 heavy (non-hydrogen) atoms. The Labute approximate surface area is 192 Å². The minimum Gasteiger partial charge on any atom is -0.492 e. The average Bonchev–Trinajstić information content (AvgIpc) is 3.09. The molecule has 2 aromatic rings. The molecule has 1 saturated heterocycles. The average molecular weight is 462 g/mol. The molecule has 11 nitrogen and oxygen atoms in total. The molecule has 1 fully saturated rings. The number of carbonyl (C=O) groups excluding carboxylic acids is 1. The maximum atomic E-state index is 13.1. The van der Waals surface area contributed by atoms with Crippen molar-refractivity contribution in [3.63, 3.8) is 0 Å². The third-order valence-electron chi connectivity index (χ3n) is 5.49. The van der Waals surface area contributed by atoms with Crippen LogP contribution in [-0.4, -0.2) is 60.1 Å². The Bertz CT molecular complexity index is 1020. The summed E-state index contributed by atoms with van der Waals surface area (Å²) >= 11 is 0. The summed E-state index contributed by atoms with van der Waals surface area (Å²) in [5, 5.41) is 18.4. The molecular formula is C22H31N5O6. The number of amides is 1. The fourth-order valence-corrected chi connectivity index (χ4v) is 3.89. The Kier molecular flexibility index (Phi) is 7.75.